The number of amides is 4. The molecule has 3 aliphatic heterocycles. The molecule has 1 aromatic heterocycles. The molecule has 4 heterocycles. The van der Waals surface area contributed by atoms with E-state index in [1.54, 1.807) is 15.9 Å². The van der Waals surface area contributed by atoms with Crippen LogP contribution in [-0.4, -0.2) is 108 Å². The summed E-state index contributed by atoms with van der Waals surface area (Å²) < 4.78 is 24.2. The van der Waals surface area contributed by atoms with E-state index in [4.69, 9.17) is 9.26 Å². The zero-order valence-electron chi connectivity index (χ0n) is 23.5. The smallest absolute Gasteiger partial charge is 0.410 e. The van der Waals surface area contributed by atoms with E-state index in [1.165, 1.54) is 17.0 Å². The minimum Gasteiger partial charge on any atom is -0.445 e. The third-order valence-corrected chi connectivity index (χ3v) is 8.33. The molecular formula is C30H35FN6O5. The summed E-state index contributed by atoms with van der Waals surface area (Å²) in [7, 11) is 0. The van der Waals surface area contributed by atoms with Crippen LogP contribution in [0.1, 0.15) is 24.8 Å². The van der Waals surface area contributed by atoms with E-state index in [1.807, 2.05) is 30.3 Å². The fraction of sp³-hybridized carbons (Fsp3) is 0.467. The van der Waals surface area contributed by atoms with Gasteiger partial charge in [0.15, 0.2) is 11.4 Å². The Bertz CT molecular complexity index is 1430. The number of anilines is 1. The van der Waals surface area contributed by atoms with E-state index in [2.05, 4.69) is 15.0 Å². The first-order valence-corrected chi connectivity index (χ1v) is 14.5. The van der Waals surface area contributed by atoms with Crippen LogP contribution < -0.4 is 4.90 Å². The first-order valence-electron chi connectivity index (χ1n) is 14.5. The quantitative estimate of drug-likeness (QED) is 0.374. The van der Waals surface area contributed by atoms with E-state index in [0.717, 1.165) is 62.3 Å². The Kier molecular flexibility index (Phi) is 8.22. The number of carbonyl (C=O) groups is 3. The second kappa shape index (κ2) is 12.4. The SMILES string of the molecule is O=C(OCc1ccccc1)N1CCN2C(=O)N(CCCCN3CCN(c4noc5cc(F)ccc45)CC3)C(=O)C[C@@H]2C1. The lowest BCUT2D eigenvalue weighted by atomic mass is 10.0. The molecule has 3 saturated heterocycles. The number of hydrogen-bond acceptors (Lipinski definition) is 8. The summed E-state index contributed by atoms with van der Waals surface area (Å²) in [5.41, 5.74) is 1.35. The fourth-order valence-corrected chi connectivity index (χ4v) is 5.97. The lowest BCUT2D eigenvalue weighted by Gasteiger charge is -2.45. The van der Waals surface area contributed by atoms with Gasteiger partial charge in [0, 0.05) is 64.8 Å². The maximum absolute atomic E-state index is 13.5. The molecule has 222 valence electrons. The highest BCUT2D eigenvalue weighted by Gasteiger charge is 2.42. The Labute approximate surface area is 243 Å². The van der Waals surface area contributed by atoms with Crippen LogP contribution in [0.3, 0.4) is 0 Å². The molecule has 1 atom stereocenters. The third kappa shape index (κ3) is 6.03. The van der Waals surface area contributed by atoms with E-state index in [0.29, 0.717) is 31.8 Å². The van der Waals surface area contributed by atoms with Crippen LogP contribution in [0.15, 0.2) is 53.1 Å². The number of benzene rings is 2. The van der Waals surface area contributed by atoms with Gasteiger partial charge in [-0.1, -0.05) is 35.5 Å². The van der Waals surface area contributed by atoms with E-state index >= 15 is 0 Å². The summed E-state index contributed by atoms with van der Waals surface area (Å²) >= 11 is 0. The average molecular weight is 579 g/mol. The molecule has 42 heavy (non-hydrogen) atoms. The highest BCUT2D eigenvalue weighted by atomic mass is 19.1. The van der Waals surface area contributed by atoms with Crippen LogP contribution in [0.25, 0.3) is 11.0 Å². The molecule has 0 unspecified atom stereocenters. The lowest BCUT2D eigenvalue weighted by molar-refractivity contribution is -0.133. The molecule has 11 nitrogen and oxygen atoms in total. The molecule has 0 radical (unpaired) electrons. The van der Waals surface area contributed by atoms with Gasteiger partial charge in [0.05, 0.1) is 11.4 Å². The third-order valence-electron chi connectivity index (χ3n) is 8.33. The first-order chi connectivity index (χ1) is 20.5. The van der Waals surface area contributed by atoms with Gasteiger partial charge in [-0.15, -0.1) is 0 Å². The van der Waals surface area contributed by atoms with E-state index < -0.39 is 6.09 Å². The Morgan fingerprint density at radius 1 is 0.976 bits per heavy atom. The summed E-state index contributed by atoms with van der Waals surface area (Å²) in [6.45, 7) is 5.81. The molecule has 12 heteroatoms. The molecule has 0 N–H and O–H groups in total. The van der Waals surface area contributed by atoms with Crippen molar-refractivity contribution >= 4 is 34.8 Å². The van der Waals surface area contributed by atoms with Crippen LogP contribution >= 0.6 is 0 Å². The number of nitrogens with zero attached hydrogens (tertiary/aromatic N) is 6. The predicted molar refractivity (Wildman–Crippen MR) is 152 cm³/mol. The maximum atomic E-state index is 13.5. The van der Waals surface area contributed by atoms with Crippen molar-refractivity contribution in [2.45, 2.75) is 31.9 Å². The van der Waals surface area contributed by atoms with Crippen LogP contribution in [0, 0.1) is 5.82 Å². The minimum atomic E-state index is -0.425. The van der Waals surface area contributed by atoms with Gasteiger partial charge in [-0.3, -0.25) is 14.6 Å². The van der Waals surface area contributed by atoms with Crippen molar-refractivity contribution in [1.82, 2.24) is 24.8 Å². The number of piperazine rings is 2. The second-order valence-electron chi connectivity index (χ2n) is 11.0. The van der Waals surface area contributed by atoms with E-state index in [9.17, 15) is 18.8 Å². The molecule has 3 aromatic rings. The van der Waals surface area contributed by atoms with E-state index in [-0.39, 0.29) is 36.8 Å². The number of halogens is 1. The molecule has 3 aliphatic rings. The molecule has 3 fully saturated rings. The van der Waals surface area contributed by atoms with Gasteiger partial charge in [-0.2, -0.15) is 0 Å². The number of carbonyl (C=O) groups excluding carboxylic acids is 3. The number of fused-ring (bicyclic) bond motifs is 2. The fourth-order valence-electron chi connectivity index (χ4n) is 5.97. The molecule has 0 aliphatic carbocycles. The minimum absolute atomic E-state index is 0.186. The van der Waals surface area contributed by atoms with Crippen LogP contribution in [0.4, 0.5) is 19.8 Å². The van der Waals surface area contributed by atoms with Crippen molar-refractivity contribution in [2.75, 3.05) is 63.8 Å². The van der Waals surface area contributed by atoms with Crippen molar-refractivity contribution in [1.29, 1.82) is 0 Å². The summed E-state index contributed by atoms with van der Waals surface area (Å²) in [6.07, 6.45) is 1.38. The standard InChI is InChI=1S/C30H35FN6O5/c31-23-8-9-25-26(18-23)42-32-28(25)34-14-12-33(13-15-34)10-4-5-11-37-27(38)19-24-20-35(16-17-36(24)29(37)39)30(40)41-21-22-6-2-1-3-7-22/h1-3,6-9,18,24H,4-5,10-17,19-21H2/t24-/m1/s1. The number of ether oxygens (including phenoxy) is 1. The van der Waals surface area contributed by atoms with Gasteiger partial charge in [0.1, 0.15) is 12.4 Å². The van der Waals surface area contributed by atoms with Gasteiger partial charge in [-0.05, 0) is 37.1 Å². The first kappa shape index (κ1) is 28.0. The molecule has 0 bridgehead atoms. The van der Waals surface area contributed by atoms with Gasteiger partial charge >= 0.3 is 12.1 Å². The summed E-state index contributed by atoms with van der Waals surface area (Å²) in [5.74, 6) is 0.214. The van der Waals surface area contributed by atoms with Gasteiger partial charge in [0.2, 0.25) is 5.91 Å². The number of unbranched alkanes of at least 4 members (excludes halogenated alkanes) is 1. The van der Waals surface area contributed by atoms with Gasteiger partial charge < -0.3 is 24.0 Å². The van der Waals surface area contributed by atoms with Gasteiger partial charge in [0.25, 0.3) is 0 Å². The molecule has 2 aromatic carbocycles. The number of urea groups is 1. The Hall–Kier alpha value is -4.19. The largest absolute Gasteiger partial charge is 0.445 e. The predicted octanol–water partition coefficient (Wildman–Crippen LogP) is 3.54. The zero-order valence-corrected chi connectivity index (χ0v) is 23.5. The summed E-state index contributed by atoms with van der Waals surface area (Å²) in [6, 6.07) is 13.4. The van der Waals surface area contributed by atoms with Crippen molar-refractivity contribution in [2.24, 2.45) is 0 Å². The van der Waals surface area contributed by atoms with Crippen molar-refractivity contribution in [3.05, 3.63) is 59.9 Å². The number of aromatic nitrogens is 1. The Balaban J connectivity index is 0.917. The topological polar surface area (TPSA) is 103 Å². The second-order valence-corrected chi connectivity index (χ2v) is 11.0. The Morgan fingerprint density at radius 3 is 2.57 bits per heavy atom. The highest BCUT2D eigenvalue weighted by molar-refractivity contribution is 5.97. The van der Waals surface area contributed by atoms with Crippen LogP contribution in [0.5, 0.6) is 0 Å². The average Bonchev–Trinajstić information content (AvgIpc) is 3.43. The summed E-state index contributed by atoms with van der Waals surface area (Å²) in [4.78, 5) is 47.9. The van der Waals surface area contributed by atoms with Crippen molar-refractivity contribution < 1.29 is 28.0 Å². The molecular weight excluding hydrogens is 543 g/mol. The number of hydrogen-bond donors (Lipinski definition) is 0. The van der Waals surface area contributed by atoms with Crippen LogP contribution in [0.2, 0.25) is 0 Å². The summed E-state index contributed by atoms with van der Waals surface area (Å²) in [5, 5.41) is 4.97. The molecule has 0 spiro atoms. The normalized spacial score (nSPS) is 19.9. The molecule has 4 amide bonds. The monoisotopic (exact) mass is 578 g/mol. The number of rotatable bonds is 8. The zero-order chi connectivity index (χ0) is 29.1. The molecule has 0 saturated carbocycles. The van der Waals surface area contributed by atoms with Crippen molar-refractivity contribution in [3.63, 3.8) is 0 Å². The maximum Gasteiger partial charge on any atom is 0.410 e. The van der Waals surface area contributed by atoms with Crippen molar-refractivity contribution in [3.8, 4) is 0 Å². The van der Waals surface area contributed by atoms with Crippen LogP contribution in [-0.2, 0) is 16.1 Å². The van der Waals surface area contributed by atoms with Gasteiger partial charge in [-0.25, -0.2) is 14.0 Å². The number of imide groups is 1. The highest BCUT2D eigenvalue weighted by Crippen LogP contribution is 2.28. The Morgan fingerprint density at radius 2 is 1.76 bits per heavy atom. The molecule has 6 rings (SSSR count). The lowest BCUT2D eigenvalue weighted by Crippen LogP contribution is -2.64.